The number of carbonyl (C=O) groups is 1. The summed E-state index contributed by atoms with van der Waals surface area (Å²) in [6, 6.07) is 0. The molecule has 0 bridgehead atoms. The van der Waals surface area contributed by atoms with Crippen LogP contribution in [0.15, 0.2) is 0 Å². The molecule has 0 spiro atoms. The second-order valence-electron chi connectivity index (χ2n) is 2.78. The van der Waals surface area contributed by atoms with Crippen molar-refractivity contribution in [3.63, 3.8) is 0 Å². The minimum absolute atomic E-state index is 0.0650. The third-order valence-electron chi connectivity index (χ3n) is 0.743. The molecule has 2 nitrogen and oxygen atoms in total. The molecule has 0 aliphatic heterocycles. The van der Waals surface area contributed by atoms with Crippen LogP contribution in [0.3, 0.4) is 0 Å². The van der Waals surface area contributed by atoms with Gasteiger partial charge in [0.1, 0.15) is 7.11 Å². The molecule has 0 amide bonds. The first-order chi connectivity index (χ1) is 4.90. The number of carbonyl (C=O) groups excluding carboxylic acids is 1. The van der Waals surface area contributed by atoms with Crippen molar-refractivity contribution in [3.05, 3.63) is 7.11 Å². The van der Waals surface area contributed by atoms with Crippen LogP contribution in [0.2, 0.25) is 0 Å². The summed E-state index contributed by atoms with van der Waals surface area (Å²) in [6.45, 7) is 5.33. The second kappa shape index (κ2) is 8.17. The molecule has 0 heterocycles. The second-order valence-corrected chi connectivity index (χ2v) is 26.3. The molecule has 0 aromatic heterocycles. The fourth-order valence-corrected chi connectivity index (χ4v) is 0.217. The molecule has 63 valence electrons. The van der Waals surface area contributed by atoms with E-state index in [9.17, 15) is 4.79 Å². The van der Waals surface area contributed by atoms with Gasteiger partial charge in [-0.1, -0.05) is 0 Å². The normalized spacial score (nSPS) is 8.91. The van der Waals surface area contributed by atoms with Crippen LogP contribution in [0.1, 0.15) is 20.8 Å². The Bertz CT molecular complexity index is 112. The van der Waals surface area contributed by atoms with Crippen molar-refractivity contribution in [2.75, 3.05) is 0 Å². The van der Waals surface area contributed by atoms with Gasteiger partial charge in [0.25, 0.3) is 0 Å². The van der Waals surface area contributed by atoms with Crippen LogP contribution in [0.4, 0.5) is 0 Å². The maximum absolute atomic E-state index is 10.5. The number of hydrogen-bond donors (Lipinski definition) is 0. The van der Waals surface area contributed by atoms with E-state index in [0.717, 1.165) is 0 Å². The van der Waals surface area contributed by atoms with Crippen molar-refractivity contribution in [3.8, 4) is 0 Å². The average Bonchev–Trinajstić information content (AvgIpc) is 1.86. The Morgan fingerprint density at radius 3 is 1.73 bits per heavy atom. The molecular weight excluding hydrogens is 423 g/mol. The monoisotopic (exact) mass is 433 g/mol. The topological polar surface area (TPSA) is 26.3 Å². The molecule has 0 aliphatic rings. The van der Waals surface area contributed by atoms with E-state index >= 15 is 0 Å². The zero-order chi connectivity index (χ0) is 9.49. The van der Waals surface area contributed by atoms with Crippen LogP contribution in [0, 0.1) is 12.5 Å². The van der Waals surface area contributed by atoms with E-state index in [4.69, 9.17) is 0 Å². The van der Waals surface area contributed by atoms with Crippen molar-refractivity contribution in [1.29, 1.82) is 0 Å². The molecule has 0 N–H and O–H groups in total. The first-order valence-electron chi connectivity index (χ1n) is 2.98. The van der Waals surface area contributed by atoms with Crippen molar-refractivity contribution in [2.24, 2.45) is 5.41 Å². The Morgan fingerprint density at radius 1 is 1.45 bits per heavy atom. The number of hydrogen-bond acceptors (Lipinski definition) is 2. The predicted octanol–water partition coefficient (Wildman–Crippen LogP) is 3.14. The summed E-state index contributed by atoms with van der Waals surface area (Å²) in [4.78, 5) is 10.5. The van der Waals surface area contributed by atoms with Crippen LogP contribution in [-0.2, 0) is 19.6 Å². The van der Waals surface area contributed by atoms with Gasteiger partial charge in [-0.3, -0.25) is 4.79 Å². The Hall–Kier alpha value is 1.55. The summed E-state index contributed by atoms with van der Waals surface area (Å²) in [5.74, 6) is -0.280. The third kappa shape index (κ3) is 11.6. The van der Waals surface area contributed by atoms with Crippen molar-refractivity contribution >= 4 is 45.5 Å². The van der Waals surface area contributed by atoms with Gasteiger partial charge in [-0.15, -0.1) is 0 Å². The van der Waals surface area contributed by atoms with E-state index in [0.29, 0.717) is 0 Å². The van der Waals surface area contributed by atoms with Crippen molar-refractivity contribution in [2.45, 2.75) is 20.8 Å². The third-order valence-corrected chi connectivity index (χ3v) is 0.743. The standard InChI is InChI=1S/C6H11O2.2HI.Zn/c1-6(2,3)5(7)8-4;;;/h4H2,1-3H3;2*1H;/q;;;+2/p-2. The van der Waals surface area contributed by atoms with Crippen molar-refractivity contribution in [1.82, 2.24) is 0 Å². The molecule has 0 unspecified atom stereocenters. The van der Waals surface area contributed by atoms with Gasteiger partial charge in [0.05, 0.1) is 5.41 Å². The van der Waals surface area contributed by atoms with E-state index in [1.54, 1.807) is 20.8 Å². The van der Waals surface area contributed by atoms with E-state index in [1.807, 2.05) is 0 Å². The molecule has 0 atom stereocenters. The van der Waals surface area contributed by atoms with E-state index in [1.165, 1.54) is 0 Å². The molecule has 0 fully saturated rings. The molecule has 0 aliphatic carbocycles. The molecule has 0 rings (SSSR count). The SMILES string of the molecule is [CH2]OC(=O)C(C)(C)C.[I][Zn][I]. The Kier molecular flexibility index (Phi) is 11.2. The van der Waals surface area contributed by atoms with Crippen LogP contribution in [-0.4, -0.2) is 5.97 Å². The number of ether oxygens (including phenoxy) is 1. The molecule has 0 saturated carbocycles. The van der Waals surface area contributed by atoms with Crippen molar-refractivity contribution < 1.29 is 19.6 Å². The Labute approximate surface area is 97.2 Å². The first kappa shape index (κ1) is 15.0. The van der Waals surface area contributed by atoms with E-state index in [2.05, 4.69) is 51.3 Å². The summed E-state index contributed by atoms with van der Waals surface area (Å²) in [6.07, 6.45) is 0. The fraction of sp³-hybridized carbons (Fsp3) is 0.667. The van der Waals surface area contributed by atoms with Gasteiger partial charge in [-0.25, -0.2) is 0 Å². The number of rotatable bonds is 0. The molecule has 0 aromatic rings. The van der Waals surface area contributed by atoms with Gasteiger partial charge in [-0.2, -0.15) is 0 Å². The molecule has 5 heteroatoms. The minimum atomic E-state index is -0.415. The number of esters is 1. The summed E-state index contributed by atoms with van der Waals surface area (Å²) in [5, 5.41) is 0. The molecular formula is C6H11I2O2Zn. The maximum atomic E-state index is 10.5. The average molecular weight is 434 g/mol. The van der Waals surface area contributed by atoms with Gasteiger partial charge in [0, 0.05) is 0 Å². The molecule has 0 saturated heterocycles. The summed E-state index contributed by atoms with van der Waals surface area (Å²) < 4.78 is 4.23. The zero-order valence-corrected chi connectivity index (χ0v) is 14.3. The van der Waals surface area contributed by atoms with Gasteiger partial charge >= 0.3 is 55.6 Å². The van der Waals surface area contributed by atoms with Crippen LogP contribution in [0.5, 0.6) is 0 Å². The quantitative estimate of drug-likeness (QED) is 0.333. The number of halogens is 2. The zero-order valence-electron chi connectivity index (χ0n) is 6.99. The van der Waals surface area contributed by atoms with Crippen LogP contribution >= 0.6 is 39.5 Å². The Balaban J connectivity index is 0. The summed E-state index contributed by atoms with van der Waals surface area (Å²) in [7, 11) is 3.07. The Morgan fingerprint density at radius 2 is 1.73 bits per heavy atom. The van der Waals surface area contributed by atoms with Crippen LogP contribution < -0.4 is 0 Å². The van der Waals surface area contributed by atoms with Gasteiger partial charge in [0.2, 0.25) is 0 Å². The fourth-order valence-electron chi connectivity index (χ4n) is 0.217. The van der Waals surface area contributed by atoms with E-state index in [-0.39, 0.29) is 16.1 Å². The first-order valence-corrected chi connectivity index (χ1v) is 21.1. The van der Waals surface area contributed by atoms with E-state index < -0.39 is 5.41 Å². The van der Waals surface area contributed by atoms with Gasteiger partial charge < -0.3 is 4.74 Å². The molecule has 0 aromatic carbocycles. The summed E-state index contributed by atoms with van der Waals surface area (Å²) in [5.41, 5.74) is -0.415. The van der Waals surface area contributed by atoms with Crippen LogP contribution in [0.25, 0.3) is 0 Å². The van der Waals surface area contributed by atoms with Gasteiger partial charge in [0.15, 0.2) is 0 Å². The predicted molar refractivity (Wildman–Crippen MR) is 58.9 cm³/mol. The van der Waals surface area contributed by atoms with Gasteiger partial charge in [-0.05, 0) is 20.8 Å². The summed E-state index contributed by atoms with van der Waals surface area (Å²) >= 11 is 4.93. The molecule has 1 radical (unpaired) electrons. The molecule has 11 heavy (non-hydrogen) atoms.